The highest BCUT2D eigenvalue weighted by Gasteiger charge is 2.34. The Balaban J connectivity index is 1.94. The minimum absolute atomic E-state index is 0.0597. The molecule has 0 bridgehead atoms. The molecule has 6 nitrogen and oxygen atoms in total. The summed E-state index contributed by atoms with van der Waals surface area (Å²) in [5.74, 6) is 0.0653. The van der Waals surface area contributed by atoms with Gasteiger partial charge in [-0.1, -0.05) is 0 Å². The van der Waals surface area contributed by atoms with Crippen molar-refractivity contribution in [2.24, 2.45) is 0 Å². The van der Waals surface area contributed by atoms with Crippen LogP contribution in [-0.2, 0) is 9.84 Å². The van der Waals surface area contributed by atoms with Gasteiger partial charge in [-0.2, -0.15) is 0 Å². The summed E-state index contributed by atoms with van der Waals surface area (Å²) in [7, 11) is -3.01. The summed E-state index contributed by atoms with van der Waals surface area (Å²) in [5, 5.41) is 0. The summed E-state index contributed by atoms with van der Waals surface area (Å²) in [6.45, 7) is 2.36. The average molecular weight is 307 g/mol. The lowest BCUT2D eigenvalue weighted by Gasteiger charge is -2.27. The van der Waals surface area contributed by atoms with Gasteiger partial charge in [-0.15, -0.1) is 0 Å². The summed E-state index contributed by atoms with van der Waals surface area (Å²) in [4.78, 5) is 18.6. The minimum Gasteiger partial charge on any atom is -0.335 e. The normalized spacial score (nSPS) is 20.7. The van der Waals surface area contributed by atoms with Crippen LogP contribution in [0.1, 0.15) is 23.7 Å². The Labute approximate surface area is 123 Å². The molecular weight excluding hydrogens is 290 g/mol. The van der Waals surface area contributed by atoms with Crippen molar-refractivity contribution < 1.29 is 13.2 Å². The maximum atomic E-state index is 12.8. The number of carbonyl (C=O) groups is 1. The third-order valence-corrected chi connectivity index (χ3v) is 5.65. The van der Waals surface area contributed by atoms with E-state index in [0.29, 0.717) is 24.2 Å². The molecule has 0 aromatic carbocycles. The van der Waals surface area contributed by atoms with Crippen LogP contribution in [0.2, 0.25) is 0 Å². The van der Waals surface area contributed by atoms with Gasteiger partial charge >= 0.3 is 0 Å². The highest BCUT2D eigenvalue weighted by atomic mass is 32.2. The first-order valence-corrected chi connectivity index (χ1v) is 8.77. The van der Waals surface area contributed by atoms with Crippen molar-refractivity contribution in [3.8, 4) is 0 Å². The van der Waals surface area contributed by atoms with Crippen molar-refractivity contribution >= 4 is 21.4 Å². The number of hydrogen-bond acceptors (Lipinski definition) is 4. The first-order chi connectivity index (χ1) is 10.0. The third-order valence-electron chi connectivity index (χ3n) is 3.90. The number of nitrogens with zero attached hydrogens (tertiary/aromatic N) is 3. The van der Waals surface area contributed by atoms with Gasteiger partial charge in [0.1, 0.15) is 5.65 Å². The minimum atomic E-state index is -3.01. The number of amides is 1. The van der Waals surface area contributed by atoms with Crippen LogP contribution in [-0.4, -0.2) is 52.7 Å². The molecule has 0 saturated carbocycles. The number of sulfone groups is 1. The number of rotatable bonds is 3. The summed E-state index contributed by atoms with van der Waals surface area (Å²) in [5.41, 5.74) is 1.11. The highest BCUT2D eigenvalue weighted by Crippen LogP contribution is 2.21. The van der Waals surface area contributed by atoms with E-state index in [1.54, 1.807) is 33.8 Å². The van der Waals surface area contributed by atoms with Gasteiger partial charge < -0.3 is 9.30 Å². The van der Waals surface area contributed by atoms with E-state index in [1.807, 2.05) is 13.1 Å². The summed E-state index contributed by atoms with van der Waals surface area (Å²) in [6, 6.07) is 3.29. The SMILES string of the molecule is CCN(C(=O)c1cccn2ccnc12)C1CCS(=O)(=O)C1. The molecule has 0 aliphatic carbocycles. The van der Waals surface area contributed by atoms with Crippen LogP contribution < -0.4 is 0 Å². The van der Waals surface area contributed by atoms with Crippen LogP contribution >= 0.6 is 0 Å². The monoisotopic (exact) mass is 307 g/mol. The van der Waals surface area contributed by atoms with Gasteiger partial charge in [0.15, 0.2) is 9.84 Å². The van der Waals surface area contributed by atoms with Crippen LogP contribution in [0, 0.1) is 0 Å². The van der Waals surface area contributed by atoms with Crippen molar-refractivity contribution in [3.05, 3.63) is 36.3 Å². The van der Waals surface area contributed by atoms with Gasteiger partial charge in [0.2, 0.25) is 0 Å². The topological polar surface area (TPSA) is 71.8 Å². The molecule has 1 aliphatic rings. The lowest BCUT2D eigenvalue weighted by Crippen LogP contribution is -2.41. The van der Waals surface area contributed by atoms with E-state index >= 15 is 0 Å². The molecule has 1 saturated heterocycles. The fraction of sp³-hybridized carbons (Fsp3) is 0.429. The zero-order valence-electron chi connectivity index (χ0n) is 11.8. The van der Waals surface area contributed by atoms with Gasteiger partial charge in [0.05, 0.1) is 17.1 Å². The van der Waals surface area contributed by atoms with Crippen molar-refractivity contribution in [2.75, 3.05) is 18.1 Å². The molecule has 3 heterocycles. The van der Waals surface area contributed by atoms with Gasteiger partial charge in [-0.05, 0) is 25.5 Å². The standard InChI is InChI=1S/C14H17N3O3S/c1-2-17(11-5-9-21(19,20)10-11)14(18)12-4-3-7-16-8-6-15-13(12)16/h3-4,6-8,11H,2,5,9-10H2,1H3. The molecule has 7 heteroatoms. The van der Waals surface area contributed by atoms with Gasteiger partial charge in [0, 0.05) is 31.2 Å². The Hall–Kier alpha value is -1.89. The Bertz CT molecular complexity index is 782. The van der Waals surface area contributed by atoms with Crippen LogP contribution in [0.3, 0.4) is 0 Å². The number of imidazole rings is 1. The Kier molecular flexibility index (Phi) is 3.44. The van der Waals surface area contributed by atoms with Crippen LogP contribution in [0.4, 0.5) is 0 Å². The predicted molar refractivity (Wildman–Crippen MR) is 79.0 cm³/mol. The van der Waals surface area contributed by atoms with E-state index in [2.05, 4.69) is 4.98 Å². The predicted octanol–water partition coefficient (Wildman–Crippen LogP) is 0.984. The lowest BCUT2D eigenvalue weighted by molar-refractivity contribution is 0.0710. The van der Waals surface area contributed by atoms with Crippen molar-refractivity contribution in [1.29, 1.82) is 0 Å². The van der Waals surface area contributed by atoms with Crippen molar-refractivity contribution in [2.45, 2.75) is 19.4 Å². The molecule has 2 aromatic heterocycles. The molecule has 3 rings (SSSR count). The van der Waals surface area contributed by atoms with Gasteiger partial charge in [0.25, 0.3) is 5.91 Å². The molecule has 2 aromatic rings. The van der Waals surface area contributed by atoms with Crippen molar-refractivity contribution in [3.63, 3.8) is 0 Å². The average Bonchev–Trinajstić information content (AvgIpc) is 3.05. The number of aromatic nitrogens is 2. The van der Waals surface area contributed by atoms with E-state index in [4.69, 9.17) is 0 Å². The van der Waals surface area contributed by atoms with E-state index in [0.717, 1.165) is 0 Å². The Morgan fingerprint density at radius 3 is 2.95 bits per heavy atom. The van der Waals surface area contributed by atoms with E-state index < -0.39 is 9.84 Å². The largest absolute Gasteiger partial charge is 0.335 e. The molecular formula is C14H17N3O3S. The van der Waals surface area contributed by atoms with Crippen LogP contribution in [0.15, 0.2) is 30.7 Å². The summed E-state index contributed by atoms with van der Waals surface area (Å²) >= 11 is 0. The summed E-state index contributed by atoms with van der Waals surface area (Å²) < 4.78 is 25.1. The second-order valence-corrected chi connectivity index (χ2v) is 7.46. The summed E-state index contributed by atoms with van der Waals surface area (Å²) in [6.07, 6.45) is 5.76. The van der Waals surface area contributed by atoms with Gasteiger partial charge in [-0.25, -0.2) is 13.4 Å². The maximum Gasteiger partial charge on any atom is 0.257 e. The second-order valence-electron chi connectivity index (χ2n) is 5.23. The molecule has 112 valence electrons. The number of hydrogen-bond donors (Lipinski definition) is 0. The smallest absolute Gasteiger partial charge is 0.257 e. The molecule has 21 heavy (non-hydrogen) atoms. The second kappa shape index (κ2) is 5.14. The fourth-order valence-electron chi connectivity index (χ4n) is 2.86. The fourth-order valence-corrected chi connectivity index (χ4v) is 4.59. The molecule has 1 unspecified atom stereocenters. The lowest BCUT2D eigenvalue weighted by atomic mass is 10.1. The molecule has 1 aliphatic heterocycles. The molecule has 1 fully saturated rings. The molecule has 0 radical (unpaired) electrons. The highest BCUT2D eigenvalue weighted by molar-refractivity contribution is 7.91. The molecule has 1 atom stereocenters. The zero-order chi connectivity index (χ0) is 15.0. The first kappa shape index (κ1) is 14.1. The van der Waals surface area contributed by atoms with E-state index in [1.165, 1.54) is 0 Å². The van der Waals surface area contributed by atoms with E-state index in [-0.39, 0.29) is 23.5 Å². The number of pyridine rings is 1. The van der Waals surface area contributed by atoms with Crippen LogP contribution in [0.25, 0.3) is 5.65 Å². The quantitative estimate of drug-likeness (QED) is 0.847. The molecule has 1 amide bonds. The Morgan fingerprint density at radius 1 is 1.48 bits per heavy atom. The maximum absolute atomic E-state index is 12.8. The van der Waals surface area contributed by atoms with Gasteiger partial charge in [-0.3, -0.25) is 4.79 Å². The first-order valence-electron chi connectivity index (χ1n) is 6.95. The van der Waals surface area contributed by atoms with E-state index in [9.17, 15) is 13.2 Å². The molecule has 0 spiro atoms. The third kappa shape index (κ3) is 2.53. The number of fused-ring (bicyclic) bond motifs is 1. The van der Waals surface area contributed by atoms with Crippen LogP contribution in [0.5, 0.6) is 0 Å². The van der Waals surface area contributed by atoms with Crippen molar-refractivity contribution in [1.82, 2.24) is 14.3 Å². The molecule has 0 N–H and O–H groups in total. The number of carbonyl (C=O) groups excluding carboxylic acids is 1. The zero-order valence-corrected chi connectivity index (χ0v) is 12.6. The Morgan fingerprint density at radius 2 is 2.29 bits per heavy atom.